The van der Waals surface area contributed by atoms with Crippen molar-refractivity contribution in [3.05, 3.63) is 58.1 Å². The van der Waals surface area contributed by atoms with E-state index in [4.69, 9.17) is 0 Å². The average Bonchev–Trinajstić information content (AvgIpc) is 2.32. The first-order valence-electron chi connectivity index (χ1n) is 5.22. The third-order valence-electron chi connectivity index (χ3n) is 2.40. The van der Waals surface area contributed by atoms with E-state index in [1.165, 1.54) is 0 Å². The summed E-state index contributed by atoms with van der Waals surface area (Å²) in [7, 11) is 0. The zero-order valence-electron chi connectivity index (χ0n) is 9.35. The standard InChI is InChI=1S/C13H11BrN2O/c1-9-3-2-6-15-13(9)12(17)7-11-5-4-10(14)8-16-11/h2-6,8H,7H2,1H3. The molecule has 0 amide bonds. The molecule has 0 aliphatic heterocycles. The highest BCUT2D eigenvalue weighted by atomic mass is 79.9. The third-order valence-corrected chi connectivity index (χ3v) is 2.87. The molecule has 0 atom stereocenters. The second kappa shape index (κ2) is 5.19. The summed E-state index contributed by atoms with van der Waals surface area (Å²) in [6.07, 6.45) is 3.61. The Morgan fingerprint density at radius 1 is 1.29 bits per heavy atom. The van der Waals surface area contributed by atoms with Crippen LogP contribution in [0.1, 0.15) is 21.7 Å². The van der Waals surface area contributed by atoms with Crippen LogP contribution < -0.4 is 0 Å². The lowest BCUT2D eigenvalue weighted by atomic mass is 10.1. The number of Topliss-reactive ketones (excluding diaryl/α,β-unsaturated/α-hetero) is 1. The Bertz CT molecular complexity index is 537. The highest BCUT2D eigenvalue weighted by Gasteiger charge is 2.11. The van der Waals surface area contributed by atoms with E-state index in [1.807, 2.05) is 31.2 Å². The molecule has 2 aromatic rings. The van der Waals surface area contributed by atoms with Gasteiger partial charge in [-0.1, -0.05) is 6.07 Å². The van der Waals surface area contributed by atoms with Gasteiger partial charge in [0.25, 0.3) is 0 Å². The molecule has 2 heterocycles. The molecule has 3 nitrogen and oxygen atoms in total. The van der Waals surface area contributed by atoms with E-state index < -0.39 is 0 Å². The van der Waals surface area contributed by atoms with Gasteiger partial charge in [0.2, 0.25) is 0 Å². The number of carbonyl (C=O) groups excluding carboxylic acids is 1. The molecule has 86 valence electrons. The topological polar surface area (TPSA) is 42.9 Å². The van der Waals surface area contributed by atoms with Crippen molar-refractivity contribution < 1.29 is 4.79 Å². The fraction of sp³-hybridized carbons (Fsp3) is 0.154. The van der Waals surface area contributed by atoms with Gasteiger partial charge in [0, 0.05) is 22.6 Å². The molecule has 0 aliphatic rings. The highest BCUT2D eigenvalue weighted by Crippen LogP contribution is 2.11. The molecule has 0 spiro atoms. The number of ketones is 1. The summed E-state index contributed by atoms with van der Waals surface area (Å²) in [5, 5.41) is 0. The monoisotopic (exact) mass is 290 g/mol. The summed E-state index contributed by atoms with van der Waals surface area (Å²) >= 11 is 3.31. The molecule has 0 saturated carbocycles. The Hall–Kier alpha value is -1.55. The van der Waals surface area contributed by atoms with E-state index in [9.17, 15) is 4.79 Å². The Morgan fingerprint density at radius 2 is 2.12 bits per heavy atom. The lowest BCUT2D eigenvalue weighted by Crippen LogP contribution is -2.08. The van der Waals surface area contributed by atoms with E-state index >= 15 is 0 Å². The van der Waals surface area contributed by atoms with Crippen molar-refractivity contribution in [2.24, 2.45) is 0 Å². The van der Waals surface area contributed by atoms with Gasteiger partial charge in [-0.05, 0) is 46.6 Å². The zero-order chi connectivity index (χ0) is 12.3. The molecule has 4 heteroatoms. The fourth-order valence-electron chi connectivity index (χ4n) is 1.54. The van der Waals surface area contributed by atoms with Gasteiger partial charge >= 0.3 is 0 Å². The maximum atomic E-state index is 12.0. The summed E-state index contributed by atoms with van der Waals surface area (Å²) < 4.78 is 0.905. The number of aromatic nitrogens is 2. The molecule has 2 rings (SSSR count). The molecule has 17 heavy (non-hydrogen) atoms. The zero-order valence-corrected chi connectivity index (χ0v) is 10.9. The molecule has 0 bridgehead atoms. The van der Waals surface area contributed by atoms with Crippen LogP contribution in [0, 0.1) is 6.92 Å². The molecular formula is C13H11BrN2O. The predicted molar refractivity (Wildman–Crippen MR) is 68.9 cm³/mol. The largest absolute Gasteiger partial charge is 0.292 e. The Kier molecular flexibility index (Phi) is 3.64. The minimum Gasteiger partial charge on any atom is -0.292 e. The van der Waals surface area contributed by atoms with Crippen LogP contribution in [0.25, 0.3) is 0 Å². The number of hydrogen-bond acceptors (Lipinski definition) is 3. The summed E-state index contributed by atoms with van der Waals surface area (Å²) in [5.41, 5.74) is 2.18. The summed E-state index contributed by atoms with van der Waals surface area (Å²) in [5.74, 6) is -0.00192. The van der Waals surface area contributed by atoms with Gasteiger partial charge in [0.05, 0.1) is 6.42 Å². The number of rotatable bonds is 3. The Balaban J connectivity index is 2.17. The Labute approximate surface area is 108 Å². The second-order valence-electron chi connectivity index (χ2n) is 3.74. The van der Waals surface area contributed by atoms with Crippen LogP contribution in [-0.2, 0) is 6.42 Å². The maximum absolute atomic E-state index is 12.0. The lowest BCUT2D eigenvalue weighted by Gasteiger charge is -2.03. The minimum atomic E-state index is -0.00192. The van der Waals surface area contributed by atoms with Crippen LogP contribution in [0.3, 0.4) is 0 Å². The molecular weight excluding hydrogens is 280 g/mol. The quantitative estimate of drug-likeness (QED) is 0.816. The molecule has 0 N–H and O–H groups in total. The molecule has 0 aromatic carbocycles. The lowest BCUT2D eigenvalue weighted by molar-refractivity contribution is 0.0986. The van der Waals surface area contributed by atoms with Crippen LogP contribution in [-0.4, -0.2) is 15.8 Å². The smallest absolute Gasteiger partial charge is 0.187 e. The van der Waals surface area contributed by atoms with Gasteiger partial charge in [-0.2, -0.15) is 0 Å². The summed E-state index contributed by atoms with van der Waals surface area (Å²) in [6.45, 7) is 1.88. The molecule has 2 aromatic heterocycles. The molecule has 0 saturated heterocycles. The number of nitrogens with zero attached hydrogens (tertiary/aromatic N) is 2. The van der Waals surface area contributed by atoms with Crippen molar-refractivity contribution >= 4 is 21.7 Å². The number of pyridine rings is 2. The van der Waals surface area contributed by atoms with Crippen molar-refractivity contribution in [2.75, 3.05) is 0 Å². The van der Waals surface area contributed by atoms with E-state index in [-0.39, 0.29) is 12.2 Å². The van der Waals surface area contributed by atoms with Gasteiger partial charge in [-0.25, -0.2) is 0 Å². The van der Waals surface area contributed by atoms with Gasteiger partial charge in [-0.3, -0.25) is 14.8 Å². The van der Waals surface area contributed by atoms with Gasteiger partial charge < -0.3 is 0 Å². The van der Waals surface area contributed by atoms with Crippen molar-refractivity contribution in [3.8, 4) is 0 Å². The molecule has 0 unspecified atom stereocenters. The first-order chi connectivity index (χ1) is 8.16. The number of aryl methyl sites for hydroxylation is 1. The SMILES string of the molecule is Cc1cccnc1C(=O)Cc1ccc(Br)cn1. The van der Waals surface area contributed by atoms with Gasteiger partial charge in [-0.15, -0.1) is 0 Å². The van der Waals surface area contributed by atoms with Crippen molar-refractivity contribution in [3.63, 3.8) is 0 Å². The minimum absolute atomic E-state index is 0.00192. The first kappa shape index (κ1) is 11.9. The molecule has 0 aliphatic carbocycles. The van der Waals surface area contributed by atoms with E-state index in [1.54, 1.807) is 12.4 Å². The van der Waals surface area contributed by atoms with Crippen LogP contribution >= 0.6 is 15.9 Å². The highest BCUT2D eigenvalue weighted by molar-refractivity contribution is 9.10. The van der Waals surface area contributed by atoms with Gasteiger partial charge in [0.1, 0.15) is 5.69 Å². The maximum Gasteiger partial charge on any atom is 0.187 e. The van der Waals surface area contributed by atoms with Crippen LogP contribution in [0.15, 0.2) is 41.1 Å². The van der Waals surface area contributed by atoms with Crippen LogP contribution in [0.2, 0.25) is 0 Å². The average molecular weight is 291 g/mol. The van der Waals surface area contributed by atoms with Crippen LogP contribution in [0.5, 0.6) is 0 Å². The number of hydrogen-bond donors (Lipinski definition) is 0. The normalized spacial score (nSPS) is 10.2. The molecule has 0 radical (unpaired) electrons. The number of halogens is 1. The number of carbonyl (C=O) groups is 1. The predicted octanol–water partition coefficient (Wildman–Crippen LogP) is 2.97. The second-order valence-corrected chi connectivity index (χ2v) is 4.65. The summed E-state index contributed by atoms with van der Waals surface area (Å²) in [6, 6.07) is 7.42. The van der Waals surface area contributed by atoms with Crippen molar-refractivity contribution in [1.82, 2.24) is 9.97 Å². The van der Waals surface area contributed by atoms with E-state index in [2.05, 4.69) is 25.9 Å². The first-order valence-corrected chi connectivity index (χ1v) is 6.01. The summed E-state index contributed by atoms with van der Waals surface area (Å²) in [4.78, 5) is 20.3. The van der Waals surface area contributed by atoms with E-state index in [0.717, 1.165) is 15.7 Å². The Morgan fingerprint density at radius 3 is 2.76 bits per heavy atom. The van der Waals surface area contributed by atoms with E-state index in [0.29, 0.717) is 5.69 Å². The third kappa shape index (κ3) is 2.97. The van der Waals surface area contributed by atoms with Crippen molar-refractivity contribution in [2.45, 2.75) is 13.3 Å². The fourth-order valence-corrected chi connectivity index (χ4v) is 1.77. The van der Waals surface area contributed by atoms with Gasteiger partial charge in [0.15, 0.2) is 5.78 Å². The molecule has 0 fully saturated rings. The van der Waals surface area contributed by atoms with Crippen molar-refractivity contribution in [1.29, 1.82) is 0 Å². The van der Waals surface area contributed by atoms with Crippen LogP contribution in [0.4, 0.5) is 0 Å².